The van der Waals surface area contributed by atoms with Crippen LogP contribution in [0.15, 0.2) is 66.3 Å². The number of likely N-dealkylation sites (tertiary alicyclic amines) is 2. The number of rotatable bonds is 19. The van der Waals surface area contributed by atoms with Gasteiger partial charge >= 0.3 is 6.01 Å². The van der Waals surface area contributed by atoms with Gasteiger partial charge in [0.15, 0.2) is 5.82 Å². The summed E-state index contributed by atoms with van der Waals surface area (Å²) in [7, 11) is 0. The number of unbranched alkanes of at least 4 members (excludes halogenated alkanes) is 1. The van der Waals surface area contributed by atoms with Crippen molar-refractivity contribution in [2.45, 2.75) is 135 Å². The number of aliphatic hydroxyl groups excluding tert-OH is 1. The highest BCUT2D eigenvalue weighted by Gasteiger charge is 2.45. The van der Waals surface area contributed by atoms with Crippen LogP contribution >= 0.6 is 11.3 Å². The summed E-state index contributed by atoms with van der Waals surface area (Å²) in [6, 6.07) is 15.7. The Hall–Kier alpha value is -6.38. The van der Waals surface area contributed by atoms with E-state index in [4.69, 9.17) is 24.4 Å². The first-order chi connectivity index (χ1) is 37.5. The lowest BCUT2D eigenvalue weighted by molar-refractivity contribution is -0.144. The third-order valence-corrected chi connectivity index (χ3v) is 17.0. The van der Waals surface area contributed by atoms with E-state index in [0.717, 1.165) is 103 Å². The molecule has 0 radical (unpaired) electrons. The number of hydrogen-bond donors (Lipinski definition) is 5. The predicted octanol–water partition coefficient (Wildman–Crippen LogP) is 7.63. The molecule has 4 saturated heterocycles. The Morgan fingerprint density at radius 3 is 2.50 bits per heavy atom. The molecule has 0 saturated carbocycles. The highest BCUT2D eigenvalue weighted by Crippen LogP contribution is 2.40. The van der Waals surface area contributed by atoms with Gasteiger partial charge in [-0.05, 0) is 117 Å². The number of phenols is 1. The fourth-order valence-corrected chi connectivity index (χ4v) is 12.7. The van der Waals surface area contributed by atoms with Gasteiger partial charge in [0.1, 0.15) is 48.1 Å². The van der Waals surface area contributed by atoms with Gasteiger partial charge < -0.3 is 45.4 Å². The Kier molecular flexibility index (Phi) is 16.6. The summed E-state index contributed by atoms with van der Waals surface area (Å²) in [6.45, 7) is 15.0. The van der Waals surface area contributed by atoms with Gasteiger partial charge in [0, 0.05) is 62.5 Å². The van der Waals surface area contributed by atoms with Crippen LogP contribution in [0.3, 0.4) is 0 Å². The minimum atomic E-state index is -0.972. The minimum Gasteiger partial charge on any atom is -0.508 e. The number of ether oxygens (including phenoxy) is 2. The Labute approximate surface area is 459 Å². The first kappa shape index (κ1) is 55.0. The number of thiazole rings is 1. The average Bonchev–Trinajstić information content (AvgIpc) is 4.37. The van der Waals surface area contributed by atoms with Gasteiger partial charge in [-0.1, -0.05) is 70.2 Å². The van der Waals surface area contributed by atoms with Gasteiger partial charge in [0.25, 0.3) is 0 Å². The van der Waals surface area contributed by atoms with Crippen molar-refractivity contribution >= 4 is 56.6 Å². The van der Waals surface area contributed by atoms with E-state index in [0.29, 0.717) is 48.5 Å². The largest absolute Gasteiger partial charge is 0.508 e. The van der Waals surface area contributed by atoms with E-state index in [-0.39, 0.29) is 60.5 Å². The van der Waals surface area contributed by atoms with E-state index in [2.05, 4.69) is 37.7 Å². The quantitative estimate of drug-likeness (QED) is 0.0495. The summed E-state index contributed by atoms with van der Waals surface area (Å²) in [5.41, 5.74) is 5.78. The smallest absolute Gasteiger partial charge is 0.319 e. The van der Waals surface area contributed by atoms with Crippen LogP contribution in [-0.2, 0) is 25.5 Å². The van der Waals surface area contributed by atoms with Gasteiger partial charge in [-0.2, -0.15) is 9.97 Å². The van der Waals surface area contributed by atoms with Crippen molar-refractivity contribution in [1.82, 2.24) is 45.7 Å². The molecule has 4 aliphatic heterocycles. The van der Waals surface area contributed by atoms with Crippen LogP contribution in [0.1, 0.15) is 102 Å². The number of aromatic hydroxyl groups is 1. The topological polar surface area (TPSA) is 208 Å². The van der Waals surface area contributed by atoms with Crippen LogP contribution in [0, 0.1) is 18.2 Å². The van der Waals surface area contributed by atoms with Crippen molar-refractivity contribution in [2.24, 2.45) is 5.41 Å². The Bertz CT molecular complexity index is 3140. The van der Waals surface area contributed by atoms with Crippen LogP contribution in [0.2, 0.25) is 0 Å². The highest BCUT2D eigenvalue weighted by molar-refractivity contribution is 7.13. The van der Waals surface area contributed by atoms with Crippen LogP contribution in [0.4, 0.5) is 10.2 Å². The maximum atomic E-state index is 17.2. The number of nitrogens with one attached hydrogen (secondary N) is 3. The van der Waals surface area contributed by atoms with Crippen LogP contribution in [-0.4, -0.2) is 147 Å². The van der Waals surface area contributed by atoms with E-state index in [1.54, 1.807) is 29.7 Å². The lowest BCUT2D eigenvalue weighted by Crippen LogP contribution is -2.58. The lowest BCUT2D eigenvalue weighted by atomic mass is 9.85. The molecular weight excluding hydrogens is 1010 g/mol. The standard InChI is InChI=1S/C59H73FN10O7S/c1-7-36-12-10-13-39-24-43(71)25-45(49(36)39)51-50(60)52-46(27-61-51)55(69-28-40-19-20-41(29-69)64-40)67-58(66-52)77-31-42-14-11-22-68(42)21-8-9-23-76-32-48(73)65-54(59(4,5)6)57(75)70-30-44(72)26-47(70)56(74)63-34(2)37-15-17-38(18-16-37)53-35(3)62-33-78-53/h10,12-13,15-18,24-25,27,33-34,40-42,44,47,54,64,71-72H,7-9,11,14,19-23,26,28-32H2,1-6H3,(H,63,74)(H,65,73)/t34-,40-,41+,42-,44+,47-,54+/m0/s1. The molecule has 414 valence electrons. The van der Waals surface area contributed by atoms with Crippen LogP contribution in [0.25, 0.3) is 43.4 Å². The number of piperazine rings is 1. The van der Waals surface area contributed by atoms with Gasteiger partial charge in [0.2, 0.25) is 17.7 Å². The van der Waals surface area contributed by atoms with Crippen molar-refractivity contribution < 1.29 is 38.5 Å². The maximum absolute atomic E-state index is 17.2. The number of pyridine rings is 1. The number of nitrogens with zero attached hydrogens (tertiary/aromatic N) is 7. The number of β-amino-alcohol motifs (C(OH)–C–C–N with tert-alkyl or cyclic N) is 1. The predicted molar refractivity (Wildman–Crippen MR) is 300 cm³/mol. The van der Waals surface area contributed by atoms with E-state index in [9.17, 15) is 24.6 Å². The number of aryl methyl sites for hydroxylation is 2. The molecule has 78 heavy (non-hydrogen) atoms. The maximum Gasteiger partial charge on any atom is 0.319 e. The number of aliphatic hydroxyl groups is 1. The molecule has 6 aromatic rings. The highest BCUT2D eigenvalue weighted by atomic mass is 32.1. The molecule has 5 N–H and O–H groups in total. The normalized spacial score (nSPS) is 21.4. The summed E-state index contributed by atoms with van der Waals surface area (Å²) in [4.78, 5) is 67.2. The van der Waals surface area contributed by atoms with Crippen molar-refractivity contribution in [3.8, 4) is 33.5 Å². The summed E-state index contributed by atoms with van der Waals surface area (Å²) >= 11 is 1.57. The van der Waals surface area contributed by atoms with E-state index >= 15 is 4.39 Å². The van der Waals surface area contributed by atoms with Crippen molar-refractivity contribution in [3.63, 3.8) is 0 Å². The van der Waals surface area contributed by atoms with E-state index in [1.165, 1.54) is 4.90 Å². The number of fused-ring (bicyclic) bond motifs is 4. The second-order valence-corrected chi connectivity index (χ2v) is 23.6. The molecule has 10 rings (SSSR count). The Morgan fingerprint density at radius 1 is 0.987 bits per heavy atom. The minimum absolute atomic E-state index is 0.0220. The third-order valence-electron chi connectivity index (χ3n) is 16.0. The zero-order valence-corrected chi connectivity index (χ0v) is 46.4. The van der Waals surface area contributed by atoms with Gasteiger partial charge in [-0.15, -0.1) is 11.3 Å². The number of carbonyl (C=O) groups excluding carboxylic acids is 3. The fourth-order valence-electron chi connectivity index (χ4n) is 11.9. The van der Waals surface area contributed by atoms with Crippen molar-refractivity contribution in [1.29, 1.82) is 0 Å². The van der Waals surface area contributed by atoms with E-state index < -0.39 is 41.2 Å². The number of benzene rings is 3. The first-order valence-corrected chi connectivity index (χ1v) is 28.6. The second-order valence-electron chi connectivity index (χ2n) is 22.7. The van der Waals surface area contributed by atoms with E-state index in [1.807, 2.05) is 82.6 Å². The number of aromatic nitrogens is 4. The summed E-state index contributed by atoms with van der Waals surface area (Å²) in [6.07, 6.45) is 7.14. The Balaban J connectivity index is 0.728. The summed E-state index contributed by atoms with van der Waals surface area (Å²) < 4.78 is 29.5. The SMILES string of the molecule is CCc1cccc2cc(O)cc(-c3ncc4c(N5C[C@H]6CC[C@@H](C5)N6)nc(OC[C@@H]5CCCN5CCCCOCC(=O)N[C@H](C(=O)N5C[C@H](O)C[C@H]5C(=O)N[C@@H](C)c5ccc(-c6scnc6C)cc5)C(C)(C)C)nc4c3F)c12. The number of halogens is 1. The number of anilines is 1. The van der Waals surface area contributed by atoms with Crippen molar-refractivity contribution in [2.75, 3.05) is 57.4 Å². The molecule has 19 heteroatoms. The lowest BCUT2D eigenvalue weighted by Gasteiger charge is -2.35. The van der Waals surface area contributed by atoms with Crippen LogP contribution in [0.5, 0.6) is 11.8 Å². The third kappa shape index (κ3) is 12.0. The van der Waals surface area contributed by atoms with Gasteiger partial charge in [-0.25, -0.2) is 9.37 Å². The fraction of sp³-hybridized carbons (Fsp3) is 0.508. The van der Waals surface area contributed by atoms with Gasteiger partial charge in [0.05, 0.1) is 33.6 Å². The summed E-state index contributed by atoms with van der Waals surface area (Å²) in [5, 5.41) is 33.3. The van der Waals surface area contributed by atoms with Crippen LogP contribution < -0.4 is 25.6 Å². The molecule has 0 spiro atoms. The number of carbonyl (C=O) groups is 3. The van der Waals surface area contributed by atoms with Crippen molar-refractivity contribution in [3.05, 3.63) is 88.9 Å². The number of phenolic OH excluding ortho intramolecular Hbond substituents is 1. The number of hydrogen-bond acceptors (Lipinski definition) is 15. The molecule has 4 aliphatic rings. The molecule has 3 aromatic carbocycles. The second kappa shape index (κ2) is 23.5. The summed E-state index contributed by atoms with van der Waals surface area (Å²) in [5.74, 6) is -1.21. The molecule has 7 heterocycles. The average molecular weight is 1090 g/mol. The first-order valence-electron chi connectivity index (χ1n) is 27.7. The molecule has 3 aromatic heterocycles. The molecule has 4 fully saturated rings. The Morgan fingerprint density at radius 2 is 1.77 bits per heavy atom. The molecule has 0 aliphatic carbocycles. The molecular formula is C59H73FN10O7S. The number of amides is 3. The zero-order valence-electron chi connectivity index (χ0n) is 45.6. The van der Waals surface area contributed by atoms with Gasteiger partial charge in [-0.3, -0.25) is 24.3 Å². The monoisotopic (exact) mass is 1080 g/mol. The molecule has 0 unspecified atom stereocenters. The molecule has 17 nitrogen and oxygen atoms in total. The molecule has 7 atom stereocenters. The molecule has 2 bridgehead atoms. The molecule has 3 amide bonds. The zero-order chi connectivity index (χ0) is 54.8.